The molecule has 0 spiro atoms. The van der Waals surface area contributed by atoms with Crippen molar-refractivity contribution < 1.29 is 4.42 Å². The van der Waals surface area contributed by atoms with Crippen LogP contribution in [0, 0.1) is 0 Å². The number of furan rings is 1. The number of hydrogen-bond acceptors (Lipinski definition) is 6. The number of imidazole rings is 1. The molecule has 30 heavy (non-hydrogen) atoms. The fourth-order valence-electron chi connectivity index (χ4n) is 3.38. The number of anilines is 1. The zero-order valence-corrected chi connectivity index (χ0v) is 16.2. The highest BCUT2D eigenvalue weighted by molar-refractivity contribution is 5.85. The number of aromatic amines is 1. The van der Waals surface area contributed by atoms with E-state index in [9.17, 15) is 0 Å². The smallest absolute Gasteiger partial charge is 0.179 e. The third-order valence-electron chi connectivity index (χ3n) is 4.96. The van der Waals surface area contributed by atoms with Crippen LogP contribution >= 0.6 is 0 Å². The fraction of sp³-hybridized carbons (Fsp3) is 0.130. The van der Waals surface area contributed by atoms with E-state index in [-0.39, 0.29) is 0 Å². The zero-order chi connectivity index (χ0) is 20.2. The van der Waals surface area contributed by atoms with E-state index in [1.807, 2.05) is 30.6 Å². The van der Waals surface area contributed by atoms with Gasteiger partial charge >= 0.3 is 0 Å². The molecular weight excluding hydrogens is 376 g/mol. The van der Waals surface area contributed by atoms with Gasteiger partial charge in [-0.2, -0.15) is 0 Å². The number of hydrogen-bond donors (Lipinski definition) is 2. The molecule has 0 saturated heterocycles. The number of pyridine rings is 1. The molecule has 2 N–H and O–H groups in total. The van der Waals surface area contributed by atoms with Crippen molar-refractivity contribution in [3.8, 4) is 11.1 Å². The van der Waals surface area contributed by atoms with Crippen molar-refractivity contribution >= 4 is 16.9 Å². The van der Waals surface area contributed by atoms with Gasteiger partial charge in [0.25, 0.3) is 0 Å². The van der Waals surface area contributed by atoms with Gasteiger partial charge in [0.1, 0.15) is 23.4 Å². The molecule has 0 aliphatic carbocycles. The largest absolute Gasteiger partial charge is 0.469 e. The average Bonchev–Trinajstić information content (AvgIpc) is 3.47. The fourth-order valence-corrected chi connectivity index (χ4v) is 3.38. The van der Waals surface area contributed by atoms with Crippen LogP contribution in [-0.2, 0) is 19.4 Å². The standard InChI is InChI=1S/C23H20N6O/c1-2-19(30-11-1)7-8-21-28-22-20(9-10-26-23(22)29-21)27-12-16-3-5-17(6-4-16)18-13-24-15-25-14-18/h1-6,9-11,13-15H,7-8,12H2,(H2,26,27,28,29). The molecule has 4 aromatic heterocycles. The van der Waals surface area contributed by atoms with Crippen LogP contribution in [0.3, 0.4) is 0 Å². The predicted octanol–water partition coefficient (Wildman–Crippen LogP) is 4.41. The lowest BCUT2D eigenvalue weighted by atomic mass is 10.1. The van der Waals surface area contributed by atoms with Crippen molar-refractivity contribution in [3.05, 3.63) is 90.8 Å². The molecule has 5 aromatic rings. The minimum absolute atomic E-state index is 0.700. The topological polar surface area (TPSA) is 92.5 Å². The monoisotopic (exact) mass is 396 g/mol. The molecular formula is C23H20N6O. The van der Waals surface area contributed by atoms with E-state index < -0.39 is 0 Å². The van der Waals surface area contributed by atoms with Gasteiger partial charge in [-0.25, -0.2) is 19.9 Å². The van der Waals surface area contributed by atoms with E-state index in [2.05, 4.69) is 54.5 Å². The Labute approximate surface area is 173 Å². The SMILES string of the molecule is c1coc(CCc2nc3nccc(NCc4ccc(-c5cncnc5)cc4)c3[nH]2)c1. The maximum atomic E-state index is 5.40. The van der Waals surface area contributed by atoms with Gasteiger partial charge in [0, 0.05) is 43.5 Å². The minimum Gasteiger partial charge on any atom is -0.469 e. The van der Waals surface area contributed by atoms with Crippen LogP contribution in [0.1, 0.15) is 17.1 Å². The highest BCUT2D eigenvalue weighted by Crippen LogP contribution is 2.22. The summed E-state index contributed by atoms with van der Waals surface area (Å²) >= 11 is 0. The lowest BCUT2D eigenvalue weighted by Gasteiger charge is -2.08. The molecule has 0 fully saturated rings. The predicted molar refractivity (Wildman–Crippen MR) is 115 cm³/mol. The number of nitrogens with zero attached hydrogens (tertiary/aromatic N) is 4. The Bertz CT molecular complexity index is 1230. The minimum atomic E-state index is 0.700. The molecule has 0 bridgehead atoms. The number of aromatic nitrogens is 5. The first-order chi connectivity index (χ1) is 14.8. The van der Waals surface area contributed by atoms with Crippen molar-refractivity contribution in [1.82, 2.24) is 24.9 Å². The van der Waals surface area contributed by atoms with E-state index in [0.29, 0.717) is 12.2 Å². The van der Waals surface area contributed by atoms with E-state index in [1.165, 1.54) is 11.9 Å². The van der Waals surface area contributed by atoms with Crippen molar-refractivity contribution in [3.63, 3.8) is 0 Å². The number of aryl methyl sites for hydroxylation is 2. The van der Waals surface area contributed by atoms with Crippen LogP contribution in [0.4, 0.5) is 5.69 Å². The van der Waals surface area contributed by atoms with Crippen molar-refractivity contribution in [2.75, 3.05) is 5.32 Å². The second kappa shape index (κ2) is 8.16. The van der Waals surface area contributed by atoms with Crippen LogP contribution < -0.4 is 5.32 Å². The summed E-state index contributed by atoms with van der Waals surface area (Å²) in [6.45, 7) is 0.700. The van der Waals surface area contributed by atoms with Crippen molar-refractivity contribution in [1.29, 1.82) is 0 Å². The summed E-state index contributed by atoms with van der Waals surface area (Å²) in [6, 6.07) is 14.2. The molecule has 4 heterocycles. The van der Waals surface area contributed by atoms with Crippen LogP contribution in [0.25, 0.3) is 22.3 Å². The van der Waals surface area contributed by atoms with Gasteiger partial charge in [0.15, 0.2) is 5.65 Å². The Morgan fingerprint density at radius 2 is 1.80 bits per heavy atom. The summed E-state index contributed by atoms with van der Waals surface area (Å²) in [5.41, 5.74) is 5.90. The normalized spacial score (nSPS) is 11.1. The quantitative estimate of drug-likeness (QED) is 0.423. The van der Waals surface area contributed by atoms with Gasteiger partial charge in [0.2, 0.25) is 0 Å². The molecule has 0 saturated carbocycles. The molecule has 0 atom stereocenters. The molecule has 7 heteroatoms. The number of H-pyrrole nitrogens is 1. The molecule has 148 valence electrons. The van der Waals surface area contributed by atoms with Gasteiger partial charge in [-0.05, 0) is 29.3 Å². The van der Waals surface area contributed by atoms with Gasteiger partial charge < -0.3 is 14.7 Å². The lowest BCUT2D eigenvalue weighted by Crippen LogP contribution is -2.00. The Balaban J connectivity index is 1.28. The number of rotatable bonds is 7. The molecule has 1 aromatic carbocycles. The van der Waals surface area contributed by atoms with Crippen LogP contribution in [0.2, 0.25) is 0 Å². The van der Waals surface area contributed by atoms with Gasteiger partial charge in [0.05, 0.1) is 12.0 Å². The van der Waals surface area contributed by atoms with Gasteiger partial charge in [-0.3, -0.25) is 0 Å². The average molecular weight is 396 g/mol. The Morgan fingerprint density at radius 3 is 2.60 bits per heavy atom. The molecule has 0 aliphatic heterocycles. The summed E-state index contributed by atoms with van der Waals surface area (Å²) < 4.78 is 5.40. The van der Waals surface area contributed by atoms with Gasteiger partial charge in [-0.1, -0.05) is 24.3 Å². The van der Waals surface area contributed by atoms with Gasteiger partial charge in [-0.15, -0.1) is 0 Å². The number of fused-ring (bicyclic) bond motifs is 1. The summed E-state index contributed by atoms with van der Waals surface area (Å²) in [6.07, 6.45) is 10.2. The first-order valence-corrected chi connectivity index (χ1v) is 9.79. The molecule has 0 radical (unpaired) electrons. The van der Waals surface area contributed by atoms with E-state index >= 15 is 0 Å². The molecule has 0 aliphatic rings. The molecule has 0 amide bonds. The number of nitrogens with one attached hydrogen (secondary N) is 2. The third kappa shape index (κ3) is 3.91. The first-order valence-electron chi connectivity index (χ1n) is 9.79. The molecule has 5 rings (SSSR count). The summed E-state index contributed by atoms with van der Waals surface area (Å²) in [5.74, 6) is 1.85. The van der Waals surface area contributed by atoms with Crippen LogP contribution in [0.5, 0.6) is 0 Å². The highest BCUT2D eigenvalue weighted by atomic mass is 16.3. The molecule has 0 unspecified atom stereocenters. The van der Waals surface area contributed by atoms with E-state index in [4.69, 9.17) is 4.42 Å². The first kappa shape index (κ1) is 18.1. The van der Waals surface area contributed by atoms with Crippen LogP contribution in [-0.4, -0.2) is 24.9 Å². The Kier molecular flexibility index (Phi) is 4.91. The Morgan fingerprint density at radius 1 is 0.933 bits per heavy atom. The number of benzene rings is 1. The summed E-state index contributed by atoms with van der Waals surface area (Å²) in [4.78, 5) is 20.6. The highest BCUT2D eigenvalue weighted by Gasteiger charge is 2.09. The summed E-state index contributed by atoms with van der Waals surface area (Å²) in [7, 11) is 0. The molecule has 7 nitrogen and oxygen atoms in total. The zero-order valence-electron chi connectivity index (χ0n) is 16.2. The van der Waals surface area contributed by atoms with E-state index in [1.54, 1.807) is 12.5 Å². The third-order valence-corrected chi connectivity index (χ3v) is 4.96. The van der Waals surface area contributed by atoms with Crippen molar-refractivity contribution in [2.45, 2.75) is 19.4 Å². The Hall–Kier alpha value is -4.00. The maximum Gasteiger partial charge on any atom is 0.179 e. The van der Waals surface area contributed by atoms with Crippen molar-refractivity contribution in [2.24, 2.45) is 0 Å². The van der Waals surface area contributed by atoms with Crippen LogP contribution in [0.15, 0.2) is 78.1 Å². The maximum absolute atomic E-state index is 5.40. The second-order valence-electron chi connectivity index (χ2n) is 7.00. The van der Waals surface area contributed by atoms with E-state index in [0.717, 1.165) is 46.8 Å². The second-order valence-corrected chi connectivity index (χ2v) is 7.00. The summed E-state index contributed by atoms with van der Waals surface area (Å²) in [5, 5.41) is 3.49. The lowest BCUT2D eigenvalue weighted by molar-refractivity contribution is 0.507.